The Bertz CT molecular complexity index is 245. The molecular formula is C13H28O4Si. The molecule has 0 N–H and O–H groups in total. The number of hydrogen-bond acceptors (Lipinski definition) is 4. The molecule has 0 saturated carbocycles. The second-order valence-electron chi connectivity index (χ2n) is 5.73. The maximum absolute atomic E-state index is 5.60. The highest BCUT2D eigenvalue weighted by Crippen LogP contribution is 2.39. The summed E-state index contributed by atoms with van der Waals surface area (Å²) in [5.74, 6) is 0.650. The molecule has 0 amide bonds. The minimum absolute atomic E-state index is 0.115. The molecule has 4 nitrogen and oxygen atoms in total. The van der Waals surface area contributed by atoms with Crippen molar-refractivity contribution in [2.45, 2.75) is 57.8 Å². The first-order chi connectivity index (χ1) is 8.39. The van der Waals surface area contributed by atoms with E-state index in [0.717, 1.165) is 18.9 Å². The van der Waals surface area contributed by atoms with E-state index in [0.29, 0.717) is 12.0 Å². The molecule has 108 valence electrons. The van der Waals surface area contributed by atoms with Crippen LogP contribution in [0.3, 0.4) is 0 Å². The van der Waals surface area contributed by atoms with Crippen LogP contribution in [0.4, 0.5) is 0 Å². The molecule has 18 heavy (non-hydrogen) atoms. The summed E-state index contributed by atoms with van der Waals surface area (Å²) in [6.07, 6.45) is 3.87. The van der Waals surface area contributed by atoms with Crippen LogP contribution in [0, 0.1) is 5.92 Å². The molecule has 0 spiro atoms. The fourth-order valence-electron chi connectivity index (χ4n) is 2.30. The molecule has 1 heterocycles. The number of epoxide rings is 1. The Morgan fingerprint density at radius 2 is 1.61 bits per heavy atom. The van der Waals surface area contributed by atoms with E-state index < -0.39 is 8.80 Å². The molecular weight excluding hydrogens is 248 g/mol. The van der Waals surface area contributed by atoms with Gasteiger partial charge in [-0.05, 0) is 39.0 Å². The fraction of sp³-hybridized carbons (Fsp3) is 1.00. The lowest BCUT2D eigenvalue weighted by Crippen LogP contribution is -2.42. The number of rotatable bonds is 9. The molecule has 0 aromatic heterocycles. The largest absolute Gasteiger partial charge is 0.500 e. The lowest BCUT2D eigenvalue weighted by atomic mass is 9.98. The second kappa shape index (κ2) is 6.48. The Balaban J connectivity index is 2.21. The Morgan fingerprint density at radius 3 is 2.00 bits per heavy atom. The van der Waals surface area contributed by atoms with Gasteiger partial charge in [-0.15, -0.1) is 0 Å². The summed E-state index contributed by atoms with van der Waals surface area (Å²) >= 11 is 0. The average molecular weight is 276 g/mol. The van der Waals surface area contributed by atoms with Gasteiger partial charge in [0.2, 0.25) is 0 Å². The third-order valence-corrected chi connectivity index (χ3v) is 6.73. The first-order valence-electron chi connectivity index (χ1n) is 6.72. The van der Waals surface area contributed by atoms with Gasteiger partial charge in [0.25, 0.3) is 0 Å². The minimum atomic E-state index is -2.38. The van der Waals surface area contributed by atoms with Crippen molar-refractivity contribution >= 4 is 8.80 Å². The van der Waals surface area contributed by atoms with Crippen LogP contribution < -0.4 is 0 Å². The molecule has 2 atom stereocenters. The minimum Gasteiger partial charge on any atom is -0.377 e. The van der Waals surface area contributed by atoms with Gasteiger partial charge in [0.05, 0.1) is 11.7 Å². The van der Waals surface area contributed by atoms with Gasteiger partial charge >= 0.3 is 8.80 Å². The molecule has 1 aliphatic rings. The molecule has 1 fully saturated rings. The highest BCUT2D eigenvalue weighted by Gasteiger charge is 2.47. The zero-order chi connectivity index (χ0) is 13.8. The maximum Gasteiger partial charge on any atom is 0.500 e. The van der Waals surface area contributed by atoms with E-state index in [1.165, 1.54) is 6.42 Å². The van der Waals surface area contributed by atoms with Crippen molar-refractivity contribution in [2.75, 3.05) is 21.3 Å². The third-order valence-electron chi connectivity index (χ3n) is 3.96. The van der Waals surface area contributed by atoms with Crippen molar-refractivity contribution in [2.24, 2.45) is 5.92 Å². The van der Waals surface area contributed by atoms with Crippen LogP contribution in [0.5, 0.6) is 0 Å². The SMILES string of the molecule is CO[Si](CCC(C)CCC1OC1(C)C)(OC)OC. The van der Waals surface area contributed by atoms with Gasteiger partial charge in [0.1, 0.15) is 0 Å². The first kappa shape index (κ1) is 16.1. The standard InChI is InChI=1S/C13H28O4Si/c1-11(7-8-12-13(2,3)17-12)9-10-18(14-4,15-5)16-6/h11-12H,7-10H2,1-6H3. The van der Waals surface area contributed by atoms with Gasteiger partial charge < -0.3 is 18.0 Å². The Hall–Kier alpha value is 0.0569. The van der Waals surface area contributed by atoms with Crippen molar-refractivity contribution in [3.63, 3.8) is 0 Å². The second-order valence-corrected chi connectivity index (χ2v) is 8.82. The van der Waals surface area contributed by atoms with Crippen molar-refractivity contribution in [3.8, 4) is 0 Å². The Kier molecular flexibility index (Phi) is 5.80. The van der Waals surface area contributed by atoms with Crippen LogP contribution >= 0.6 is 0 Å². The summed E-state index contributed by atoms with van der Waals surface area (Å²) in [6, 6.07) is 0.882. The van der Waals surface area contributed by atoms with Crippen LogP contribution in [0.25, 0.3) is 0 Å². The monoisotopic (exact) mass is 276 g/mol. The summed E-state index contributed by atoms with van der Waals surface area (Å²) in [4.78, 5) is 0. The van der Waals surface area contributed by atoms with Gasteiger partial charge in [-0.2, -0.15) is 0 Å². The van der Waals surface area contributed by atoms with E-state index in [9.17, 15) is 0 Å². The van der Waals surface area contributed by atoms with Gasteiger partial charge in [-0.3, -0.25) is 0 Å². The molecule has 0 aliphatic carbocycles. The summed E-state index contributed by atoms with van der Waals surface area (Å²) in [5, 5.41) is 0. The van der Waals surface area contributed by atoms with Gasteiger partial charge in [-0.1, -0.05) is 6.92 Å². The molecule has 5 heteroatoms. The zero-order valence-electron chi connectivity index (χ0n) is 12.6. The van der Waals surface area contributed by atoms with Crippen LogP contribution in [0.2, 0.25) is 6.04 Å². The summed E-state index contributed by atoms with van der Waals surface area (Å²) in [7, 11) is 2.63. The number of ether oxygens (including phenoxy) is 1. The van der Waals surface area contributed by atoms with Gasteiger partial charge in [0, 0.05) is 27.4 Å². The van der Waals surface area contributed by atoms with Crippen LogP contribution in [0.1, 0.15) is 40.0 Å². The predicted octanol–water partition coefficient (Wildman–Crippen LogP) is 2.85. The van der Waals surface area contributed by atoms with E-state index in [1.807, 2.05) is 0 Å². The molecule has 2 unspecified atom stereocenters. The average Bonchev–Trinajstić information content (AvgIpc) is 2.97. The van der Waals surface area contributed by atoms with Crippen molar-refractivity contribution < 1.29 is 18.0 Å². The zero-order valence-corrected chi connectivity index (χ0v) is 13.6. The third kappa shape index (κ3) is 4.31. The van der Waals surface area contributed by atoms with E-state index in [2.05, 4.69) is 20.8 Å². The maximum atomic E-state index is 5.60. The Labute approximate surface area is 112 Å². The van der Waals surface area contributed by atoms with E-state index >= 15 is 0 Å². The summed E-state index contributed by atoms with van der Waals surface area (Å²) < 4.78 is 21.9. The van der Waals surface area contributed by atoms with Crippen molar-refractivity contribution in [1.82, 2.24) is 0 Å². The molecule has 1 aliphatic heterocycles. The quantitative estimate of drug-likeness (QED) is 0.479. The predicted molar refractivity (Wildman–Crippen MR) is 73.6 cm³/mol. The fourth-order valence-corrected chi connectivity index (χ4v) is 4.26. The van der Waals surface area contributed by atoms with Crippen molar-refractivity contribution in [3.05, 3.63) is 0 Å². The van der Waals surface area contributed by atoms with Crippen LogP contribution in [-0.4, -0.2) is 41.8 Å². The first-order valence-corrected chi connectivity index (χ1v) is 8.65. The summed E-state index contributed by atoms with van der Waals surface area (Å²) in [5.41, 5.74) is 0.115. The van der Waals surface area contributed by atoms with E-state index in [-0.39, 0.29) is 5.60 Å². The molecule has 0 bridgehead atoms. The normalized spacial score (nSPS) is 24.0. The number of hydrogen-bond donors (Lipinski definition) is 0. The molecule has 0 aromatic rings. The Morgan fingerprint density at radius 1 is 1.11 bits per heavy atom. The van der Waals surface area contributed by atoms with Crippen LogP contribution in [0.15, 0.2) is 0 Å². The highest BCUT2D eigenvalue weighted by molar-refractivity contribution is 6.60. The van der Waals surface area contributed by atoms with Gasteiger partial charge in [0.15, 0.2) is 0 Å². The highest BCUT2D eigenvalue weighted by atomic mass is 28.4. The molecule has 0 aromatic carbocycles. The topological polar surface area (TPSA) is 40.2 Å². The van der Waals surface area contributed by atoms with Crippen LogP contribution in [-0.2, 0) is 18.0 Å². The van der Waals surface area contributed by atoms with E-state index in [1.54, 1.807) is 21.3 Å². The lowest BCUT2D eigenvalue weighted by molar-refractivity contribution is 0.121. The molecule has 0 radical (unpaired) electrons. The van der Waals surface area contributed by atoms with Gasteiger partial charge in [-0.25, -0.2) is 0 Å². The lowest BCUT2D eigenvalue weighted by Gasteiger charge is -2.25. The molecule has 1 saturated heterocycles. The molecule has 1 rings (SSSR count). The van der Waals surface area contributed by atoms with E-state index in [4.69, 9.17) is 18.0 Å². The smallest absolute Gasteiger partial charge is 0.377 e. The van der Waals surface area contributed by atoms with Crippen molar-refractivity contribution in [1.29, 1.82) is 0 Å². The summed E-state index contributed by atoms with van der Waals surface area (Å²) in [6.45, 7) is 6.58.